The molecule has 8 heteroatoms. The molecular formula is C18H18FN3O3S. The molecule has 4 rings (SSSR count). The summed E-state index contributed by atoms with van der Waals surface area (Å²) >= 11 is 0. The number of benzene rings is 1. The van der Waals surface area contributed by atoms with E-state index < -0.39 is 15.8 Å². The molecule has 1 amide bonds. The van der Waals surface area contributed by atoms with Gasteiger partial charge in [0.2, 0.25) is 10.0 Å². The fraction of sp³-hybridized carbons (Fsp3) is 0.333. The van der Waals surface area contributed by atoms with Gasteiger partial charge < -0.3 is 4.90 Å². The van der Waals surface area contributed by atoms with Gasteiger partial charge in [-0.05, 0) is 49.7 Å². The number of carbonyl (C=O) groups is 1. The second-order valence-corrected chi connectivity index (χ2v) is 8.58. The Hall–Kier alpha value is -2.32. The summed E-state index contributed by atoms with van der Waals surface area (Å²) in [5, 5.41) is 0. The normalized spacial score (nSPS) is 20.2. The smallest absolute Gasteiger partial charge is 0.256 e. The molecule has 0 spiro atoms. The highest BCUT2D eigenvalue weighted by atomic mass is 32.2. The lowest BCUT2D eigenvalue weighted by Gasteiger charge is -2.36. The van der Waals surface area contributed by atoms with Crippen molar-refractivity contribution in [1.82, 2.24) is 14.2 Å². The molecule has 3 heterocycles. The number of hydrogen-bond donors (Lipinski definition) is 0. The van der Waals surface area contributed by atoms with Gasteiger partial charge in [0.05, 0.1) is 22.2 Å². The monoisotopic (exact) mass is 375 g/mol. The zero-order valence-electron chi connectivity index (χ0n) is 14.4. The Morgan fingerprint density at radius 1 is 1.15 bits per heavy atom. The zero-order chi connectivity index (χ0) is 18.6. The number of aryl methyl sites for hydroxylation is 2. The van der Waals surface area contributed by atoms with Gasteiger partial charge in [0.15, 0.2) is 0 Å². The lowest BCUT2D eigenvalue weighted by molar-refractivity contribution is 0.0625. The van der Waals surface area contributed by atoms with Crippen LogP contribution in [-0.2, 0) is 10.0 Å². The van der Waals surface area contributed by atoms with Gasteiger partial charge in [-0.3, -0.25) is 9.78 Å². The molecule has 0 aliphatic carbocycles. The average Bonchev–Trinajstić information content (AvgIpc) is 2.86. The number of hydrogen-bond acceptors (Lipinski definition) is 4. The van der Waals surface area contributed by atoms with Crippen LogP contribution in [-0.4, -0.2) is 48.1 Å². The Morgan fingerprint density at radius 2 is 1.92 bits per heavy atom. The summed E-state index contributed by atoms with van der Waals surface area (Å²) in [4.78, 5) is 18.8. The van der Waals surface area contributed by atoms with Crippen molar-refractivity contribution in [2.45, 2.75) is 24.8 Å². The molecule has 0 radical (unpaired) electrons. The summed E-state index contributed by atoms with van der Waals surface area (Å²) in [6.45, 7) is 4.07. The van der Waals surface area contributed by atoms with Crippen molar-refractivity contribution in [3.63, 3.8) is 0 Å². The van der Waals surface area contributed by atoms with Crippen LogP contribution in [0.4, 0.5) is 4.39 Å². The molecule has 2 aliphatic rings. The van der Waals surface area contributed by atoms with E-state index in [0.29, 0.717) is 23.4 Å². The first kappa shape index (κ1) is 17.1. The number of piperazine rings is 1. The molecule has 0 bridgehead atoms. The van der Waals surface area contributed by atoms with Crippen molar-refractivity contribution in [3.05, 3.63) is 58.7 Å². The average molecular weight is 375 g/mol. The molecule has 1 aromatic heterocycles. The lowest BCUT2D eigenvalue weighted by atomic mass is 10.1. The van der Waals surface area contributed by atoms with Crippen molar-refractivity contribution < 1.29 is 17.6 Å². The third-order valence-electron chi connectivity index (χ3n) is 4.97. The summed E-state index contributed by atoms with van der Waals surface area (Å²) < 4.78 is 40.8. The number of fused-ring (bicyclic) bond motifs is 3. The highest BCUT2D eigenvalue weighted by Crippen LogP contribution is 2.36. The number of aromatic nitrogens is 1. The minimum Gasteiger partial charge on any atom is -0.327 e. The third-order valence-corrected chi connectivity index (χ3v) is 6.99. The Morgan fingerprint density at radius 3 is 2.65 bits per heavy atom. The van der Waals surface area contributed by atoms with Gasteiger partial charge in [0, 0.05) is 25.3 Å². The van der Waals surface area contributed by atoms with E-state index in [4.69, 9.17) is 0 Å². The third kappa shape index (κ3) is 2.52. The molecule has 0 N–H and O–H groups in total. The number of pyridine rings is 1. The minimum atomic E-state index is -3.78. The fourth-order valence-electron chi connectivity index (χ4n) is 3.66. The maximum absolute atomic E-state index is 13.3. The van der Waals surface area contributed by atoms with E-state index in [2.05, 4.69) is 4.98 Å². The predicted molar refractivity (Wildman–Crippen MR) is 92.6 cm³/mol. The molecule has 1 fully saturated rings. The van der Waals surface area contributed by atoms with E-state index in [9.17, 15) is 17.6 Å². The van der Waals surface area contributed by atoms with Gasteiger partial charge in [-0.2, -0.15) is 4.31 Å². The summed E-state index contributed by atoms with van der Waals surface area (Å²) in [6, 6.07) is 6.80. The van der Waals surface area contributed by atoms with Crippen LogP contribution in [0, 0.1) is 19.7 Å². The molecule has 1 unspecified atom stereocenters. The van der Waals surface area contributed by atoms with Crippen LogP contribution >= 0.6 is 0 Å². The highest BCUT2D eigenvalue weighted by Gasteiger charge is 2.44. The number of amides is 1. The summed E-state index contributed by atoms with van der Waals surface area (Å²) in [7, 11) is -3.78. The van der Waals surface area contributed by atoms with Gasteiger partial charge in [0.1, 0.15) is 5.82 Å². The SMILES string of the molecule is Cc1ccc2c(n1)C1CN(S(=O)(=O)c3ccc(F)cc3C)CCN1C2=O. The first-order chi connectivity index (χ1) is 12.3. The van der Waals surface area contributed by atoms with Crippen molar-refractivity contribution in [2.75, 3.05) is 19.6 Å². The van der Waals surface area contributed by atoms with Crippen molar-refractivity contribution in [1.29, 1.82) is 0 Å². The Bertz CT molecular complexity index is 1020. The molecule has 1 atom stereocenters. The molecule has 26 heavy (non-hydrogen) atoms. The van der Waals surface area contributed by atoms with E-state index in [1.54, 1.807) is 24.0 Å². The molecule has 0 saturated carbocycles. The Kier molecular flexibility index (Phi) is 3.85. The van der Waals surface area contributed by atoms with Crippen LogP contribution in [0.2, 0.25) is 0 Å². The summed E-state index contributed by atoms with van der Waals surface area (Å²) in [5.41, 5.74) is 2.32. The number of halogens is 1. The Labute approximate surface area is 151 Å². The molecular weight excluding hydrogens is 357 g/mol. The lowest BCUT2D eigenvalue weighted by Crippen LogP contribution is -2.49. The molecule has 6 nitrogen and oxygen atoms in total. The first-order valence-electron chi connectivity index (χ1n) is 8.34. The van der Waals surface area contributed by atoms with Gasteiger partial charge in [-0.1, -0.05) is 0 Å². The van der Waals surface area contributed by atoms with Crippen LogP contribution in [0.3, 0.4) is 0 Å². The van der Waals surface area contributed by atoms with Gasteiger partial charge >= 0.3 is 0 Å². The van der Waals surface area contributed by atoms with Crippen molar-refractivity contribution in [2.24, 2.45) is 0 Å². The quantitative estimate of drug-likeness (QED) is 0.805. The van der Waals surface area contributed by atoms with Crippen LogP contribution in [0.5, 0.6) is 0 Å². The van der Waals surface area contributed by atoms with Crippen LogP contribution in [0.1, 0.15) is 33.4 Å². The summed E-state index contributed by atoms with van der Waals surface area (Å²) in [6.07, 6.45) is 0. The van der Waals surface area contributed by atoms with E-state index in [-0.39, 0.29) is 29.9 Å². The zero-order valence-corrected chi connectivity index (χ0v) is 15.3. The van der Waals surface area contributed by atoms with E-state index in [0.717, 1.165) is 11.8 Å². The largest absolute Gasteiger partial charge is 0.327 e. The summed E-state index contributed by atoms with van der Waals surface area (Å²) in [5.74, 6) is -0.575. The highest BCUT2D eigenvalue weighted by molar-refractivity contribution is 7.89. The number of sulfonamides is 1. The van der Waals surface area contributed by atoms with Gasteiger partial charge in [0.25, 0.3) is 5.91 Å². The first-order valence-corrected chi connectivity index (χ1v) is 9.78. The fourth-order valence-corrected chi connectivity index (χ4v) is 5.30. The van der Waals surface area contributed by atoms with E-state index >= 15 is 0 Å². The second-order valence-electron chi connectivity index (χ2n) is 6.67. The topological polar surface area (TPSA) is 70.6 Å². The van der Waals surface area contributed by atoms with Crippen molar-refractivity contribution in [3.8, 4) is 0 Å². The maximum atomic E-state index is 13.3. The molecule has 2 aliphatic heterocycles. The maximum Gasteiger partial charge on any atom is 0.256 e. The molecule has 2 aromatic rings. The van der Waals surface area contributed by atoms with E-state index in [1.807, 2.05) is 6.92 Å². The molecule has 1 saturated heterocycles. The standard InChI is InChI=1S/C18H18FN3O3S/c1-11-9-13(19)4-6-16(11)26(24,25)21-7-8-22-15(10-21)17-14(18(22)23)5-3-12(2)20-17/h3-6,9,15H,7-8,10H2,1-2H3. The van der Waals surface area contributed by atoms with Gasteiger partial charge in [-0.25, -0.2) is 12.8 Å². The van der Waals surface area contributed by atoms with E-state index in [1.165, 1.54) is 16.4 Å². The Balaban J connectivity index is 1.70. The predicted octanol–water partition coefficient (Wildman–Crippen LogP) is 2.04. The minimum absolute atomic E-state index is 0.0918. The molecule has 1 aromatic carbocycles. The van der Waals surface area contributed by atoms with Crippen molar-refractivity contribution >= 4 is 15.9 Å². The number of nitrogens with zero attached hydrogens (tertiary/aromatic N) is 3. The molecule has 136 valence electrons. The van der Waals surface area contributed by atoms with Crippen LogP contribution < -0.4 is 0 Å². The van der Waals surface area contributed by atoms with Gasteiger partial charge in [-0.15, -0.1) is 0 Å². The van der Waals surface area contributed by atoms with Crippen LogP contribution in [0.15, 0.2) is 35.2 Å². The second kappa shape index (κ2) is 5.85. The number of carbonyl (C=O) groups excluding carboxylic acids is 1. The number of rotatable bonds is 2. The van der Waals surface area contributed by atoms with Crippen LogP contribution in [0.25, 0.3) is 0 Å².